The van der Waals surface area contributed by atoms with Gasteiger partial charge in [0.1, 0.15) is 17.3 Å². The lowest BCUT2D eigenvalue weighted by atomic mass is 9.79. The summed E-state index contributed by atoms with van der Waals surface area (Å²) < 4.78 is 0. The lowest BCUT2D eigenvalue weighted by Crippen LogP contribution is -2.26. The lowest BCUT2D eigenvalue weighted by Gasteiger charge is -2.24. The van der Waals surface area contributed by atoms with Crippen molar-refractivity contribution in [1.29, 1.82) is 0 Å². The fourth-order valence-corrected chi connectivity index (χ4v) is 1.55. The summed E-state index contributed by atoms with van der Waals surface area (Å²) in [4.78, 5) is 33.9. The molecule has 0 spiro atoms. The molecular weight excluding hydrogens is 216 g/mol. The highest BCUT2D eigenvalue weighted by Crippen LogP contribution is 2.28. The fourth-order valence-electron chi connectivity index (χ4n) is 1.55. The van der Waals surface area contributed by atoms with Crippen LogP contribution >= 0.6 is 0 Å². The molecule has 0 fully saturated rings. The van der Waals surface area contributed by atoms with Gasteiger partial charge in [0.15, 0.2) is 0 Å². The van der Waals surface area contributed by atoms with E-state index in [1.807, 2.05) is 20.8 Å². The van der Waals surface area contributed by atoms with Crippen LogP contribution in [-0.4, -0.2) is 17.3 Å². The molecule has 3 nitrogen and oxygen atoms in total. The van der Waals surface area contributed by atoms with Crippen LogP contribution < -0.4 is 0 Å². The molecule has 0 radical (unpaired) electrons. The fraction of sp³-hybridized carbons (Fsp3) is 0.786. The van der Waals surface area contributed by atoms with E-state index in [2.05, 4.69) is 0 Å². The number of Topliss-reactive ketones (excluding diaryl/α,β-unsaturated/α-hetero) is 3. The maximum Gasteiger partial charge on any atom is 0.138 e. The molecule has 0 bridgehead atoms. The van der Waals surface area contributed by atoms with Gasteiger partial charge in [-0.25, -0.2) is 0 Å². The van der Waals surface area contributed by atoms with Gasteiger partial charge in [-0.2, -0.15) is 0 Å². The van der Waals surface area contributed by atoms with Gasteiger partial charge in [-0.1, -0.05) is 20.8 Å². The third-order valence-corrected chi connectivity index (χ3v) is 3.36. The summed E-state index contributed by atoms with van der Waals surface area (Å²) in [6, 6.07) is 0. The summed E-state index contributed by atoms with van der Waals surface area (Å²) in [5, 5.41) is 0. The van der Waals surface area contributed by atoms with E-state index >= 15 is 0 Å². The number of ketones is 3. The van der Waals surface area contributed by atoms with Crippen molar-refractivity contribution in [3.8, 4) is 0 Å². The van der Waals surface area contributed by atoms with E-state index in [4.69, 9.17) is 0 Å². The zero-order valence-corrected chi connectivity index (χ0v) is 11.6. The van der Waals surface area contributed by atoms with Crippen molar-refractivity contribution in [2.75, 3.05) is 0 Å². The van der Waals surface area contributed by atoms with Crippen molar-refractivity contribution in [2.24, 2.45) is 11.3 Å². The molecule has 0 aromatic rings. The standard InChI is InChI=1S/C14H24O3/c1-10(12(3)16)8-9-14(4,5)13(17)7-6-11(2)15/h10H,6-9H2,1-5H3. The van der Waals surface area contributed by atoms with Gasteiger partial charge in [0.05, 0.1) is 0 Å². The summed E-state index contributed by atoms with van der Waals surface area (Å²) in [5.41, 5.74) is -0.431. The van der Waals surface area contributed by atoms with Crippen LogP contribution in [0.4, 0.5) is 0 Å². The molecule has 0 saturated heterocycles. The summed E-state index contributed by atoms with van der Waals surface area (Å²) in [7, 11) is 0. The van der Waals surface area contributed by atoms with E-state index in [1.165, 1.54) is 6.92 Å². The molecule has 0 aliphatic rings. The minimum absolute atomic E-state index is 0.00915. The maximum absolute atomic E-state index is 11.9. The van der Waals surface area contributed by atoms with Crippen LogP contribution in [0.25, 0.3) is 0 Å². The van der Waals surface area contributed by atoms with Crippen LogP contribution in [0.15, 0.2) is 0 Å². The number of hydrogen-bond donors (Lipinski definition) is 0. The molecule has 3 heteroatoms. The Hall–Kier alpha value is -0.990. The van der Waals surface area contributed by atoms with Gasteiger partial charge in [-0.15, -0.1) is 0 Å². The van der Waals surface area contributed by atoms with Gasteiger partial charge >= 0.3 is 0 Å². The lowest BCUT2D eigenvalue weighted by molar-refractivity contribution is -0.130. The van der Waals surface area contributed by atoms with Crippen LogP contribution in [0.3, 0.4) is 0 Å². The molecule has 1 atom stereocenters. The van der Waals surface area contributed by atoms with Gasteiger partial charge in [0.2, 0.25) is 0 Å². The van der Waals surface area contributed by atoms with E-state index in [9.17, 15) is 14.4 Å². The molecule has 0 aromatic carbocycles. The summed E-state index contributed by atoms with van der Waals surface area (Å²) >= 11 is 0. The molecule has 0 aromatic heterocycles. The van der Waals surface area contributed by atoms with Crippen LogP contribution in [0.5, 0.6) is 0 Å². The van der Waals surface area contributed by atoms with E-state index < -0.39 is 5.41 Å². The Morgan fingerprint density at radius 1 is 1.06 bits per heavy atom. The van der Waals surface area contributed by atoms with E-state index in [0.29, 0.717) is 19.3 Å². The minimum Gasteiger partial charge on any atom is -0.300 e. The predicted molar refractivity (Wildman–Crippen MR) is 67.8 cm³/mol. The van der Waals surface area contributed by atoms with Gasteiger partial charge in [-0.05, 0) is 26.7 Å². The molecule has 0 amide bonds. The first-order valence-corrected chi connectivity index (χ1v) is 6.20. The summed E-state index contributed by atoms with van der Waals surface area (Å²) in [6.07, 6.45) is 2.07. The largest absolute Gasteiger partial charge is 0.300 e. The second kappa shape index (κ2) is 6.67. The van der Waals surface area contributed by atoms with Gasteiger partial charge in [0.25, 0.3) is 0 Å². The molecule has 98 valence electrons. The molecule has 0 saturated carbocycles. The Morgan fingerprint density at radius 3 is 2.00 bits per heavy atom. The highest BCUT2D eigenvalue weighted by Gasteiger charge is 2.27. The number of rotatable bonds is 8. The second-order valence-corrected chi connectivity index (χ2v) is 5.56. The average molecular weight is 240 g/mol. The Labute approximate surface area is 104 Å². The van der Waals surface area contributed by atoms with E-state index in [-0.39, 0.29) is 23.3 Å². The van der Waals surface area contributed by atoms with Crippen molar-refractivity contribution in [3.05, 3.63) is 0 Å². The van der Waals surface area contributed by atoms with Gasteiger partial charge < -0.3 is 4.79 Å². The molecule has 0 N–H and O–H groups in total. The molecule has 0 aliphatic carbocycles. The van der Waals surface area contributed by atoms with Crippen molar-refractivity contribution in [3.63, 3.8) is 0 Å². The summed E-state index contributed by atoms with van der Waals surface area (Å²) in [6.45, 7) is 8.75. The topological polar surface area (TPSA) is 51.2 Å². The smallest absolute Gasteiger partial charge is 0.138 e. The highest BCUT2D eigenvalue weighted by molar-refractivity contribution is 5.88. The molecule has 0 aliphatic heterocycles. The first kappa shape index (κ1) is 16.0. The van der Waals surface area contributed by atoms with E-state index in [0.717, 1.165) is 6.42 Å². The van der Waals surface area contributed by atoms with Crippen LogP contribution in [0, 0.1) is 11.3 Å². The maximum atomic E-state index is 11.9. The Morgan fingerprint density at radius 2 is 1.59 bits per heavy atom. The Kier molecular flexibility index (Phi) is 6.29. The van der Waals surface area contributed by atoms with Crippen molar-refractivity contribution in [2.45, 2.75) is 60.3 Å². The first-order chi connectivity index (χ1) is 7.66. The zero-order chi connectivity index (χ0) is 13.6. The molecular formula is C14H24O3. The molecule has 1 unspecified atom stereocenters. The third kappa shape index (κ3) is 6.35. The number of carbonyl (C=O) groups is 3. The predicted octanol–water partition coefficient (Wildman–Crippen LogP) is 2.96. The van der Waals surface area contributed by atoms with Gasteiger partial charge in [0, 0.05) is 24.2 Å². The summed E-state index contributed by atoms with van der Waals surface area (Å²) in [5.74, 6) is 0.335. The molecule has 0 heterocycles. The number of carbonyl (C=O) groups excluding carboxylic acids is 3. The SMILES string of the molecule is CC(=O)CCC(=O)C(C)(C)CCC(C)C(C)=O. The van der Waals surface area contributed by atoms with Crippen LogP contribution in [0.2, 0.25) is 0 Å². The van der Waals surface area contributed by atoms with Crippen molar-refractivity contribution >= 4 is 17.3 Å². The zero-order valence-electron chi connectivity index (χ0n) is 11.6. The van der Waals surface area contributed by atoms with Crippen molar-refractivity contribution < 1.29 is 14.4 Å². The van der Waals surface area contributed by atoms with E-state index in [1.54, 1.807) is 6.92 Å². The van der Waals surface area contributed by atoms with Crippen LogP contribution in [-0.2, 0) is 14.4 Å². The van der Waals surface area contributed by atoms with Gasteiger partial charge in [-0.3, -0.25) is 9.59 Å². The Bertz CT molecular complexity index is 303. The quantitative estimate of drug-likeness (QED) is 0.655. The number of hydrogen-bond acceptors (Lipinski definition) is 3. The molecule has 0 rings (SSSR count). The van der Waals surface area contributed by atoms with Crippen molar-refractivity contribution in [1.82, 2.24) is 0 Å². The Balaban J connectivity index is 4.22. The first-order valence-electron chi connectivity index (χ1n) is 6.20. The highest BCUT2D eigenvalue weighted by atomic mass is 16.1. The molecule has 17 heavy (non-hydrogen) atoms. The average Bonchev–Trinajstić information content (AvgIpc) is 2.22. The monoisotopic (exact) mass is 240 g/mol. The third-order valence-electron chi connectivity index (χ3n) is 3.36. The second-order valence-electron chi connectivity index (χ2n) is 5.56. The van der Waals surface area contributed by atoms with Crippen LogP contribution in [0.1, 0.15) is 60.3 Å². The normalized spacial score (nSPS) is 13.2. The minimum atomic E-state index is -0.431.